The predicted molar refractivity (Wildman–Crippen MR) is 77.0 cm³/mol. The van der Waals surface area contributed by atoms with E-state index in [1.165, 1.54) is 4.90 Å². The molecule has 0 aliphatic rings. The Hall–Kier alpha value is -1.62. The lowest BCUT2D eigenvalue weighted by Crippen LogP contribution is -2.34. The summed E-state index contributed by atoms with van der Waals surface area (Å²) in [4.78, 5) is 13.6. The van der Waals surface area contributed by atoms with Crippen LogP contribution in [0.1, 0.15) is 26.3 Å². The van der Waals surface area contributed by atoms with E-state index in [2.05, 4.69) is 0 Å². The standard InChI is InChI=1S/C13H18N2O2S/c1-13(2,3)17-12(16)15(4)10-7-5-9(6-8-10)11(14)18/h5-8H,1-4H3,(H2,14,18). The molecule has 0 atom stereocenters. The van der Waals surface area contributed by atoms with E-state index in [0.29, 0.717) is 4.99 Å². The lowest BCUT2D eigenvalue weighted by Gasteiger charge is -2.24. The summed E-state index contributed by atoms with van der Waals surface area (Å²) in [5.74, 6) is 0. The van der Waals surface area contributed by atoms with E-state index in [0.717, 1.165) is 11.3 Å². The minimum absolute atomic E-state index is 0.335. The molecule has 0 aliphatic carbocycles. The van der Waals surface area contributed by atoms with Crippen LogP contribution in [-0.4, -0.2) is 23.7 Å². The molecular weight excluding hydrogens is 248 g/mol. The minimum Gasteiger partial charge on any atom is -0.443 e. The first-order chi connectivity index (χ1) is 8.20. The average molecular weight is 266 g/mol. The third kappa shape index (κ3) is 4.00. The summed E-state index contributed by atoms with van der Waals surface area (Å²) in [5, 5.41) is 0. The number of nitrogens with zero attached hydrogens (tertiary/aromatic N) is 1. The number of hydrogen-bond acceptors (Lipinski definition) is 3. The molecule has 0 bridgehead atoms. The first kappa shape index (κ1) is 14.4. The van der Waals surface area contributed by atoms with Crippen LogP contribution in [0.25, 0.3) is 0 Å². The molecule has 0 saturated carbocycles. The van der Waals surface area contributed by atoms with Crippen LogP contribution in [0.15, 0.2) is 24.3 Å². The maximum Gasteiger partial charge on any atom is 0.414 e. The molecule has 0 fully saturated rings. The molecular formula is C13H18N2O2S. The summed E-state index contributed by atoms with van der Waals surface area (Å²) >= 11 is 4.87. The Morgan fingerprint density at radius 1 is 1.28 bits per heavy atom. The van der Waals surface area contributed by atoms with Crippen molar-refractivity contribution in [1.29, 1.82) is 0 Å². The SMILES string of the molecule is CN(C(=O)OC(C)(C)C)c1ccc(C(N)=S)cc1. The molecule has 18 heavy (non-hydrogen) atoms. The summed E-state index contributed by atoms with van der Waals surface area (Å²) in [6, 6.07) is 7.11. The highest BCUT2D eigenvalue weighted by atomic mass is 32.1. The number of rotatable bonds is 2. The Balaban J connectivity index is 2.81. The van der Waals surface area contributed by atoms with Crippen molar-refractivity contribution in [3.63, 3.8) is 0 Å². The highest BCUT2D eigenvalue weighted by molar-refractivity contribution is 7.80. The molecule has 1 amide bonds. The highest BCUT2D eigenvalue weighted by Gasteiger charge is 2.20. The second-order valence-electron chi connectivity index (χ2n) is 4.95. The van der Waals surface area contributed by atoms with Gasteiger partial charge in [-0.05, 0) is 45.0 Å². The summed E-state index contributed by atoms with van der Waals surface area (Å²) < 4.78 is 5.27. The van der Waals surface area contributed by atoms with Crippen LogP contribution in [-0.2, 0) is 4.74 Å². The van der Waals surface area contributed by atoms with Crippen LogP contribution in [0.4, 0.5) is 10.5 Å². The second-order valence-corrected chi connectivity index (χ2v) is 5.39. The fraction of sp³-hybridized carbons (Fsp3) is 0.385. The molecule has 1 aromatic rings. The summed E-state index contributed by atoms with van der Waals surface area (Å²) in [6.45, 7) is 5.48. The van der Waals surface area contributed by atoms with Crippen molar-refractivity contribution in [1.82, 2.24) is 0 Å². The van der Waals surface area contributed by atoms with Crippen molar-refractivity contribution in [3.8, 4) is 0 Å². The third-order valence-corrected chi connectivity index (χ3v) is 2.44. The van der Waals surface area contributed by atoms with Gasteiger partial charge in [0.15, 0.2) is 0 Å². The zero-order valence-corrected chi connectivity index (χ0v) is 11.9. The molecule has 0 radical (unpaired) electrons. The Kier molecular flexibility index (Phi) is 4.29. The lowest BCUT2D eigenvalue weighted by atomic mass is 10.2. The van der Waals surface area contributed by atoms with Gasteiger partial charge >= 0.3 is 6.09 Å². The number of benzene rings is 1. The highest BCUT2D eigenvalue weighted by Crippen LogP contribution is 2.17. The molecule has 1 aromatic carbocycles. The van der Waals surface area contributed by atoms with Gasteiger partial charge in [0.05, 0.1) is 0 Å². The fourth-order valence-electron chi connectivity index (χ4n) is 1.29. The molecule has 0 aromatic heterocycles. The van der Waals surface area contributed by atoms with Crippen molar-refractivity contribution < 1.29 is 9.53 Å². The minimum atomic E-state index is -0.510. The van der Waals surface area contributed by atoms with Crippen molar-refractivity contribution in [2.75, 3.05) is 11.9 Å². The number of ether oxygens (including phenoxy) is 1. The van der Waals surface area contributed by atoms with Crippen LogP contribution in [0.3, 0.4) is 0 Å². The van der Waals surface area contributed by atoms with Crippen molar-refractivity contribution in [2.24, 2.45) is 5.73 Å². The topological polar surface area (TPSA) is 55.6 Å². The molecule has 0 saturated heterocycles. The number of hydrogen-bond donors (Lipinski definition) is 1. The molecule has 4 nitrogen and oxygen atoms in total. The first-order valence-electron chi connectivity index (χ1n) is 5.57. The van der Waals surface area contributed by atoms with Gasteiger partial charge in [-0.25, -0.2) is 4.79 Å². The van der Waals surface area contributed by atoms with E-state index in [1.807, 2.05) is 20.8 Å². The molecule has 0 spiro atoms. The van der Waals surface area contributed by atoms with Gasteiger partial charge in [0.25, 0.3) is 0 Å². The molecule has 0 aliphatic heterocycles. The van der Waals surface area contributed by atoms with E-state index in [-0.39, 0.29) is 0 Å². The van der Waals surface area contributed by atoms with E-state index >= 15 is 0 Å². The van der Waals surface area contributed by atoms with Gasteiger partial charge in [-0.2, -0.15) is 0 Å². The molecule has 0 heterocycles. The summed E-state index contributed by atoms with van der Waals surface area (Å²) in [6.07, 6.45) is -0.398. The van der Waals surface area contributed by atoms with Crippen LogP contribution in [0, 0.1) is 0 Å². The van der Waals surface area contributed by atoms with Gasteiger partial charge < -0.3 is 10.5 Å². The number of nitrogens with two attached hydrogens (primary N) is 1. The van der Waals surface area contributed by atoms with Gasteiger partial charge in [0, 0.05) is 18.3 Å². The zero-order chi connectivity index (χ0) is 13.9. The van der Waals surface area contributed by atoms with Crippen LogP contribution in [0.2, 0.25) is 0 Å². The molecule has 1 rings (SSSR count). The predicted octanol–water partition coefficient (Wildman–Crippen LogP) is 2.69. The number of carbonyl (C=O) groups excluding carboxylic acids is 1. The van der Waals surface area contributed by atoms with Crippen LogP contribution < -0.4 is 10.6 Å². The maximum atomic E-state index is 11.8. The second kappa shape index (κ2) is 5.35. The smallest absolute Gasteiger partial charge is 0.414 e. The molecule has 0 unspecified atom stereocenters. The lowest BCUT2D eigenvalue weighted by molar-refractivity contribution is 0.0589. The van der Waals surface area contributed by atoms with Gasteiger partial charge in [0.2, 0.25) is 0 Å². The average Bonchev–Trinajstić information content (AvgIpc) is 2.26. The number of amides is 1. The van der Waals surface area contributed by atoms with Crippen LogP contribution in [0.5, 0.6) is 0 Å². The van der Waals surface area contributed by atoms with Gasteiger partial charge in [-0.1, -0.05) is 12.2 Å². The van der Waals surface area contributed by atoms with Crippen molar-refractivity contribution >= 4 is 29.0 Å². The Morgan fingerprint density at radius 3 is 2.17 bits per heavy atom. The Labute approximate surface area is 113 Å². The van der Waals surface area contributed by atoms with Crippen LogP contribution >= 0.6 is 12.2 Å². The summed E-state index contributed by atoms with van der Waals surface area (Å²) in [7, 11) is 1.66. The number of carbonyl (C=O) groups is 1. The monoisotopic (exact) mass is 266 g/mol. The van der Waals surface area contributed by atoms with Gasteiger partial charge in [0.1, 0.15) is 10.6 Å². The van der Waals surface area contributed by atoms with E-state index in [9.17, 15) is 4.79 Å². The molecule has 5 heteroatoms. The summed E-state index contributed by atoms with van der Waals surface area (Å²) in [5.41, 5.74) is 6.50. The zero-order valence-electron chi connectivity index (χ0n) is 11.1. The van der Waals surface area contributed by atoms with E-state index < -0.39 is 11.7 Å². The number of anilines is 1. The Morgan fingerprint density at radius 2 is 1.78 bits per heavy atom. The molecule has 98 valence electrons. The quantitative estimate of drug-likeness (QED) is 0.836. The maximum absolute atomic E-state index is 11.8. The van der Waals surface area contributed by atoms with Crippen molar-refractivity contribution in [2.45, 2.75) is 26.4 Å². The largest absolute Gasteiger partial charge is 0.443 e. The normalized spacial score (nSPS) is 10.9. The fourth-order valence-corrected chi connectivity index (χ4v) is 1.42. The van der Waals surface area contributed by atoms with E-state index in [4.69, 9.17) is 22.7 Å². The first-order valence-corrected chi connectivity index (χ1v) is 5.98. The third-order valence-electron chi connectivity index (χ3n) is 2.21. The van der Waals surface area contributed by atoms with E-state index in [1.54, 1.807) is 31.3 Å². The van der Waals surface area contributed by atoms with Gasteiger partial charge in [-0.15, -0.1) is 0 Å². The Bertz CT molecular complexity index is 449. The molecule has 2 N–H and O–H groups in total. The van der Waals surface area contributed by atoms with Gasteiger partial charge in [-0.3, -0.25) is 4.90 Å². The number of thiocarbonyl (C=S) groups is 1. The van der Waals surface area contributed by atoms with Crippen molar-refractivity contribution in [3.05, 3.63) is 29.8 Å².